The summed E-state index contributed by atoms with van der Waals surface area (Å²) in [5.41, 5.74) is 4.77. The zero-order valence-electron chi connectivity index (χ0n) is 15.2. The number of ether oxygens (including phenoxy) is 1. The second kappa shape index (κ2) is 6.63. The van der Waals surface area contributed by atoms with Crippen LogP contribution in [0.15, 0.2) is 48.5 Å². The number of aryl methyl sites for hydroxylation is 1. The van der Waals surface area contributed by atoms with Crippen LogP contribution in [-0.2, 0) is 4.74 Å². The monoisotopic (exact) mass is 359 g/mol. The molecule has 1 aliphatic heterocycles. The summed E-state index contributed by atoms with van der Waals surface area (Å²) in [6, 6.07) is 16.4. The molecule has 0 radical (unpaired) electrons. The molecule has 1 saturated heterocycles. The van der Waals surface area contributed by atoms with Crippen LogP contribution in [0.25, 0.3) is 27.8 Å². The minimum atomic E-state index is 0.251. The summed E-state index contributed by atoms with van der Waals surface area (Å²) in [6.07, 6.45) is 2.47. The van der Waals surface area contributed by atoms with Crippen molar-refractivity contribution in [3.8, 4) is 11.3 Å². The molecular weight excluding hydrogens is 338 g/mol. The number of aromatic nitrogens is 4. The predicted octanol–water partition coefficient (Wildman–Crippen LogP) is 3.84. The number of benzene rings is 2. The third-order valence-electron chi connectivity index (χ3n) is 5.10. The van der Waals surface area contributed by atoms with Crippen molar-refractivity contribution >= 4 is 22.4 Å². The molecule has 6 heteroatoms. The van der Waals surface area contributed by atoms with E-state index in [2.05, 4.69) is 59.0 Å². The molecule has 3 heterocycles. The van der Waals surface area contributed by atoms with E-state index < -0.39 is 0 Å². The first-order valence-electron chi connectivity index (χ1n) is 9.36. The fourth-order valence-electron chi connectivity index (χ4n) is 3.61. The number of hydrogen-bond donors (Lipinski definition) is 1. The van der Waals surface area contributed by atoms with E-state index in [1.54, 1.807) is 0 Å². The minimum Gasteiger partial charge on any atom is -0.376 e. The molecule has 1 N–H and O–H groups in total. The number of rotatable bonds is 4. The van der Waals surface area contributed by atoms with E-state index in [1.165, 1.54) is 5.56 Å². The summed E-state index contributed by atoms with van der Waals surface area (Å²) >= 11 is 0. The molecule has 6 nitrogen and oxygen atoms in total. The van der Waals surface area contributed by atoms with Gasteiger partial charge >= 0.3 is 0 Å². The van der Waals surface area contributed by atoms with Crippen molar-refractivity contribution in [3.05, 3.63) is 54.1 Å². The van der Waals surface area contributed by atoms with Gasteiger partial charge < -0.3 is 10.1 Å². The average Bonchev–Trinajstić information content (AvgIpc) is 3.37. The first kappa shape index (κ1) is 16.2. The van der Waals surface area contributed by atoms with E-state index >= 15 is 0 Å². The first-order valence-corrected chi connectivity index (χ1v) is 9.36. The minimum absolute atomic E-state index is 0.251. The van der Waals surface area contributed by atoms with Gasteiger partial charge in [0.15, 0.2) is 5.65 Å². The fraction of sp³-hybridized carbons (Fsp3) is 0.286. The Morgan fingerprint density at radius 1 is 1.15 bits per heavy atom. The Balaban J connectivity index is 1.63. The average molecular weight is 359 g/mol. The van der Waals surface area contributed by atoms with E-state index in [9.17, 15) is 0 Å². The molecule has 2 aromatic carbocycles. The van der Waals surface area contributed by atoms with Gasteiger partial charge in [0.2, 0.25) is 0 Å². The van der Waals surface area contributed by atoms with Crippen LogP contribution in [0.1, 0.15) is 18.4 Å². The van der Waals surface area contributed by atoms with Gasteiger partial charge in [0, 0.05) is 24.1 Å². The predicted molar refractivity (Wildman–Crippen MR) is 106 cm³/mol. The maximum atomic E-state index is 5.74. The molecule has 0 saturated carbocycles. The maximum Gasteiger partial charge on any atom is 0.186 e. The molecular formula is C21H21N5O. The largest absolute Gasteiger partial charge is 0.376 e. The molecule has 0 bridgehead atoms. The van der Waals surface area contributed by atoms with Gasteiger partial charge in [-0.05, 0) is 31.9 Å². The van der Waals surface area contributed by atoms with Crippen molar-refractivity contribution in [2.24, 2.45) is 0 Å². The van der Waals surface area contributed by atoms with E-state index in [4.69, 9.17) is 9.72 Å². The number of anilines is 1. The van der Waals surface area contributed by atoms with Crippen molar-refractivity contribution in [1.29, 1.82) is 0 Å². The van der Waals surface area contributed by atoms with E-state index in [0.29, 0.717) is 0 Å². The molecule has 1 fully saturated rings. The molecule has 4 aromatic rings. The van der Waals surface area contributed by atoms with Crippen molar-refractivity contribution in [2.45, 2.75) is 25.9 Å². The summed E-state index contributed by atoms with van der Waals surface area (Å²) in [7, 11) is 0. The molecule has 1 unspecified atom stereocenters. The van der Waals surface area contributed by atoms with Crippen molar-refractivity contribution in [3.63, 3.8) is 0 Å². The van der Waals surface area contributed by atoms with Gasteiger partial charge in [-0.15, -0.1) is 5.10 Å². The lowest BCUT2D eigenvalue weighted by Crippen LogP contribution is -2.19. The number of hydrogen-bond acceptors (Lipinski definition) is 5. The third-order valence-corrected chi connectivity index (χ3v) is 5.10. The molecule has 1 atom stereocenters. The van der Waals surface area contributed by atoms with Gasteiger partial charge in [0.1, 0.15) is 11.5 Å². The zero-order valence-corrected chi connectivity index (χ0v) is 15.2. The number of para-hydroxylation sites is 1. The Kier molecular flexibility index (Phi) is 3.98. The molecule has 136 valence electrons. The molecule has 0 amide bonds. The summed E-state index contributed by atoms with van der Waals surface area (Å²) in [5, 5.41) is 13.3. The van der Waals surface area contributed by atoms with E-state index in [1.807, 2.05) is 16.6 Å². The second-order valence-corrected chi connectivity index (χ2v) is 7.03. The van der Waals surface area contributed by atoms with Crippen LogP contribution in [0.3, 0.4) is 0 Å². The number of nitrogens with zero attached hydrogens (tertiary/aromatic N) is 4. The molecule has 2 aromatic heterocycles. The SMILES string of the molecule is Cc1ccc(-c2nnn3c2nc(NCC2CCCO2)c2ccccc23)cc1. The summed E-state index contributed by atoms with van der Waals surface area (Å²) in [5.74, 6) is 0.851. The Labute approximate surface area is 157 Å². The van der Waals surface area contributed by atoms with Gasteiger partial charge in [0.25, 0.3) is 0 Å². The normalized spacial score (nSPS) is 17.0. The van der Waals surface area contributed by atoms with Crippen LogP contribution >= 0.6 is 0 Å². The lowest BCUT2D eigenvalue weighted by Gasteiger charge is -2.13. The van der Waals surface area contributed by atoms with Crippen LogP contribution in [0.5, 0.6) is 0 Å². The lowest BCUT2D eigenvalue weighted by molar-refractivity contribution is 0.120. The standard InChI is InChI=1S/C21H21N5O/c1-14-8-10-15(11-9-14)19-21-23-20(22-13-16-5-4-12-27-16)17-6-2-3-7-18(17)26(21)25-24-19/h2-3,6-11,16H,4-5,12-13H2,1H3,(H,22,23). The Morgan fingerprint density at radius 3 is 2.81 bits per heavy atom. The highest BCUT2D eigenvalue weighted by Gasteiger charge is 2.18. The van der Waals surface area contributed by atoms with Crippen molar-refractivity contribution in [1.82, 2.24) is 19.8 Å². The van der Waals surface area contributed by atoms with Crippen molar-refractivity contribution in [2.75, 3.05) is 18.5 Å². The van der Waals surface area contributed by atoms with Gasteiger partial charge in [0.05, 0.1) is 11.6 Å². The number of fused-ring (bicyclic) bond motifs is 3. The maximum absolute atomic E-state index is 5.74. The Hall–Kier alpha value is -2.99. The summed E-state index contributed by atoms with van der Waals surface area (Å²) in [6.45, 7) is 3.68. The van der Waals surface area contributed by atoms with Crippen LogP contribution in [0.2, 0.25) is 0 Å². The summed E-state index contributed by atoms with van der Waals surface area (Å²) in [4.78, 5) is 4.89. The van der Waals surface area contributed by atoms with Gasteiger partial charge in [-0.2, -0.15) is 4.52 Å². The Bertz CT molecular complexity index is 1100. The molecule has 1 aliphatic rings. The van der Waals surface area contributed by atoms with Crippen LogP contribution in [-0.4, -0.2) is 39.1 Å². The quantitative estimate of drug-likeness (QED) is 0.600. The second-order valence-electron chi connectivity index (χ2n) is 7.03. The number of nitrogens with one attached hydrogen (secondary N) is 1. The van der Waals surface area contributed by atoms with Crippen LogP contribution in [0, 0.1) is 6.92 Å². The van der Waals surface area contributed by atoms with Crippen LogP contribution < -0.4 is 5.32 Å². The zero-order chi connectivity index (χ0) is 18.2. The molecule has 5 rings (SSSR count). The lowest BCUT2D eigenvalue weighted by atomic mass is 10.1. The topological polar surface area (TPSA) is 64.3 Å². The highest BCUT2D eigenvalue weighted by molar-refractivity contribution is 5.93. The Morgan fingerprint density at radius 2 is 2.00 bits per heavy atom. The summed E-state index contributed by atoms with van der Waals surface area (Å²) < 4.78 is 7.56. The highest BCUT2D eigenvalue weighted by Crippen LogP contribution is 2.28. The van der Waals surface area contributed by atoms with Crippen LogP contribution in [0.4, 0.5) is 5.82 Å². The molecule has 0 aliphatic carbocycles. The molecule has 27 heavy (non-hydrogen) atoms. The van der Waals surface area contributed by atoms with E-state index in [-0.39, 0.29) is 6.10 Å². The van der Waals surface area contributed by atoms with E-state index in [0.717, 1.165) is 59.6 Å². The third kappa shape index (κ3) is 2.92. The van der Waals surface area contributed by atoms with Gasteiger partial charge in [-0.1, -0.05) is 47.2 Å². The first-order chi connectivity index (χ1) is 13.3. The smallest absolute Gasteiger partial charge is 0.186 e. The highest BCUT2D eigenvalue weighted by atomic mass is 16.5. The van der Waals surface area contributed by atoms with Crippen molar-refractivity contribution < 1.29 is 4.74 Å². The van der Waals surface area contributed by atoms with Gasteiger partial charge in [-0.25, -0.2) is 4.98 Å². The molecule has 0 spiro atoms. The fourth-order valence-corrected chi connectivity index (χ4v) is 3.61. The van der Waals surface area contributed by atoms with Gasteiger partial charge in [-0.3, -0.25) is 0 Å².